The lowest BCUT2D eigenvalue weighted by molar-refractivity contribution is 0.415. The fourth-order valence-electron chi connectivity index (χ4n) is 1.96. The Balaban J connectivity index is 1.99. The van der Waals surface area contributed by atoms with Crippen LogP contribution in [0.25, 0.3) is 0 Å². The summed E-state index contributed by atoms with van der Waals surface area (Å²) in [5.74, 6) is 1.68. The quantitative estimate of drug-likeness (QED) is 0.848. The summed E-state index contributed by atoms with van der Waals surface area (Å²) in [7, 11) is 3.70. The highest BCUT2D eigenvalue weighted by Crippen LogP contribution is 2.20. The van der Waals surface area contributed by atoms with Crippen molar-refractivity contribution < 1.29 is 4.74 Å². The van der Waals surface area contributed by atoms with Gasteiger partial charge in [0.25, 0.3) is 0 Å². The average Bonchev–Trinajstić information content (AvgIpc) is 2.54. The molecule has 5 heteroatoms. The van der Waals surface area contributed by atoms with Gasteiger partial charge in [0, 0.05) is 25.3 Å². The van der Waals surface area contributed by atoms with E-state index in [2.05, 4.69) is 27.1 Å². The Morgan fingerprint density at radius 1 is 1.24 bits per heavy atom. The Labute approximate surface area is 126 Å². The largest absolute Gasteiger partial charge is 0.497 e. The van der Waals surface area contributed by atoms with Gasteiger partial charge in [0.2, 0.25) is 0 Å². The fourth-order valence-corrected chi connectivity index (χ4v) is 1.96. The van der Waals surface area contributed by atoms with Crippen molar-refractivity contribution in [3.05, 3.63) is 42.4 Å². The first-order chi connectivity index (χ1) is 10.2. The number of hydrogen-bond acceptors (Lipinski definition) is 5. The molecule has 0 aliphatic carbocycles. The number of anilines is 2. The first-order valence-corrected chi connectivity index (χ1v) is 7.13. The Morgan fingerprint density at radius 3 is 2.76 bits per heavy atom. The minimum absolute atomic E-state index is 0.703. The molecule has 0 unspecified atom stereocenters. The summed E-state index contributed by atoms with van der Waals surface area (Å²) >= 11 is 0. The molecule has 1 aromatic heterocycles. The second-order valence-corrected chi connectivity index (χ2v) is 4.88. The van der Waals surface area contributed by atoms with Crippen LogP contribution in [0, 0.1) is 0 Å². The fraction of sp³-hybridized carbons (Fsp3) is 0.375. The van der Waals surface area contributed by atoms with Crippen LogP contribution in [-0.4, -0.2) is 30.7 Å². The highest BCUT2D eigenvalue weighted by atomic mass is 16.5. The van der Waals surface area contributed by atoms with Gasteiger partial charge in [-0.05, 0) is 18.6 Å². The van der Waals surface area contributed by atoms with E-state index in [4.69, 9.17) is 4.74 Å². The lowest BCUT2D eigenvalue weighted by Gasteiger charge is -2.19. The Kier molecular flexibility index (Phi) is 5.37. The zero-order valence-electron chi connectivity index (χ0n) is 12.8. The molecule has 2 rings (SSSR count). The van der Waals surface area contributed by atoms with Crippen LogP contribution in [0.4, 0.5) is 11.5 Å². The van der Waals surface area contributed by atoms with E-state index < -0.39 is 0 Å². The van der Waals surface area contributed by atoms with Gasteiger partial charge >= 0.3 is 0 Å². The smallest absolute Gasteiger partial charge is 0.144 e. The van der Waals surface area contributed by atoms with Crippen LogP contribution in [0.2, 0.25) is 0 Å². The summed E-state index contributed by atoms with van der Waals surface area (Å²) < 4.78 is 5.25. The van der Waals surface area contributed by atoms with E-state index in [0.717, 1.165) is 35.9 Å². The lowest BCUT2D eigenvalue weighted by Crippen LogP contribution is -2.17. The topological polar surface area (TPSA) is 50.3 Å². The summed E-state index contributed by atoms with van der Waals surface area (Å²) in [4.78, 5) is 10.9. The summed E-state index contributed by atoms with van der Waals surface area (Å²) in [5.41, 5.74) is 2.02. The lowest BCUT2D eigenvalue weighted by atomic mass is 10.2. The van der Waals surface area contributed by atoms with Gasteiger partial charge < -0.3 is 15.0 Å². The van der Waals surface area contributed by atoms with Gasteiger partial charge in [-0.1, -0.05) is 13.0 Å². The molecule has 5 nitrogen and oxygen atoms in total. The molecule has 2 aromatic rings. The SMILES string of the molecule is CCCNc1cnc(CN(C)c2cccc(OC)c2)cn1. The van der Waals surface area contributed by atoms with Crippen LogP contribution < -0.4 is 15.0 Å². The first-order valence-electron chi connectivity index (χ1n) is 7.13. The third-order valence-electron chi connectivity index (χ3n) is 3.15. The van der Waals surface area contributed by atoms with Crippen molar-refractivity contribution in [2.75, 3.05) is 30.9 Å². The summed E-state index contributed by atoms with van der Waals surface area (Å²) in [6.45, 7) is 3.74. The predicted octanol–water partition coefficient (Wildman–Crippen LogP) is 2.94. The van der Waals surface area contributed by atoms with Crippen molar-refractivity contribution in [1.82, 2.24) is 9.97 Å². The number of benzene rings is 1. The monoisotopic (exact) mass is 286 g/mol. The van der Waals surface area contributed by atoms with E-state index in [0.29, 0.717) is 6.54 Å². The van der Waals surface area contributed by atoms with E-state index in [9.17, 15) is 0 Å². The van der Waals surface area contributed by atoms with Gasteiger partial charge in [-0.25, -0.2) is 4.98 Å². The van der Waals surface area contributed by atoms with Gasteiger partial charge in [-0.3, -0.25) is 4.98 Å². The summed E-state index contributed by atoms with van der Waals surface area (Å²) in [6.07, 6.45) is 4.67. The van der Waals surface area contributed by atoms with Gasteiger partial charge in [0.15, 0.2) is 0 Å². The molecule has 0 amide bonds. The molecule has 21 heavy (non-hydrogen) atoms. The van der Waals surface area contributed by atoms with Crippen LogP contribution >= 0.6 is 0 Å². The number of nitrogens with one attached hydrogen (secondary N) is 1. The maximum Gasteiger partial charge on any atom is 0.144 e. The molecule has 112 valence electrons. The van der Waals surface area contributed by atoms with Gasteiger partial charge in [-0.2, -0.15) is 0 Å². The number of rotatable bonds is 7. The Bertz CT molecular complexity index is 556. The first kappa shape index (κ1) is 15.1. The summed E-state index contributed by atoms with van der Waals surface area (Å²) in [6, 6.07) is 7.97. The van der Waals surface area contributed by atoms with Crippen LogP contribution in [0.15, 0.2) is 36.7 Å². The average molecular weight is 286 g/mol. The highest BCUT2D eigenvalue weighted by Gasteiger charge is 2.05. The van der Waals surface area contributed by atoms with E-state index in [1.54, 1.807) is 13.3 Å². The van der Waals surface area contributed by atoms with E-state index in [1.807, 2.05) is 37.5 Å². The molecule has 1 aromatic carbocycles. The van der Waals surface area contributed by atoms with Crippen molar-refractivity contribution in [1.29, 1.82) is 0 Å². The van der Waals surface area contributed by atoms with E-state index >= 15 is 0 Å². The molecule has 0 saturated carbocycles. The third kappa shape index (κ3) is 4.34. The molecular formula is C16H22N4O. The molecule has 0 aliphatic rings. The molecule has 1 heterocycles. The number of aromatic nitrogens is 2. The molecule has 0 spiro atoms. The van der Waals surface area contributed by atoms with Crippen LogP contribution in [-0.2, 0) is 6.54 Å². The minimum Gasteiger partial charge on any atom is -0.497 e. The maximum absolute atomic E-state index is 5.25. The molecule has 0 atom stereocenters. The van der Waals surface area contributed by atoms with Crippen molar-refractivity contribution >= 4 is 11.5 Å². The predicted molar refractivity (Wildman–Crippen MR) is 85.9 cm³/mol. The van der Waals surface area contributed by atoms with Crippen molar-refractivity contribution in [2.45, 2.75) is 19.9 Å². The van der Waals surface area contributed by atoms with Crippen molar-refractivity contribution in [3.63, 3.8) is 0 Å². The van der Waals surface area contributed by atoms with Crippen LogP contribution in [0.3, 0.4) is 0 Å². The number of hydrogen-bond donors (Lipinski definition) is 1. The van der Waals surface area contributed by atoms with Crippen molar-refractivity contribution in [2.24, 2.45) is 0 Å². The maximum atomic E-state index is 5.25. The number of methoxy groups -OCH3 is 1. The van der Waals surface area contributed by atoms with E-state index in [-0.39, 0.29) is 0 Å². The second kappa shape index (κ2) is 7.47. The van der Waals surface area contributed by atoms with Crippen LogP contribution in [0.5, 0.6) is 5.75 Å². The molecule has 0 bridgehead atoms. The van der Waals surface area contributed by atoms with Gasteiger partial charge in [0.1, 0.15) is 11.6 Å². The Hall–Kier alpha value is -2.30. The standard InChI is InChI=1S/C16H22N4O/c1-4-8-17-16-11-18-13(10-19-16)12-20(2)14-6-5-7-15(9-14)21-3/h5-7,9-11H,4,8,12H2,1-3H3,(H,17,19). The van der Waals surface area contributed by atoms with Crippen LogP contribution in [0.1, 0.15) is 19.0 Å². The zero-order valence-corrected chi connectivity index (χ0v) is 12.8. The molecule has 0 radical (unpaired) electrons. The molecule has 0 fully saturated rings. The molecule has 0 saturated heterocycles. The molecule has 0 aliphatic heterocycles. The minimum atomic E-state index is 0.703. The van der Waals surface area contributed by atoms with E-state index in [1.165, 1.54) is 0 Å². The third-order valence-corrected chi connectivity index (χ3v) is 3.15. The summed E-state index contributed by atoms with van der Waals surface area (Å²) in [5, 5.41) is 3.22. The number of ether oxygens (including phenoxy) is 1. The second-order valence-electron chi connectivity index (χ2n) is 4.88. The highest BCUT2D eigenvalue weighted by molar-refractivity contribution is 5.50. The van der Waals surface area contributed by atoms with Gasteiger partial charge in [0.05, 0.1) is 31.7 Å². The number of nitrogens with zero attached hydrogens (tertiary/aromatic N) is 3. The van der Waals surface area contributed by atoms with Crippen molar-refractivity contribution in [3.8, 4) is 5.75 Å². The Morgan fingerprint density at radius 2 is 2.10 bits per heavy atom. The molecular weight excluding hydrogens is 264 g/mol. The molecule has 1 N–H and O–H groups in total. The van der Waals surface area contributed by atoms with Gasteiger partial charge in [-0.15, -0.1) is 0 Å². The zero-order chi connectivity index (χ0) is 15.1. The normalized spacial score (nSPS) is 10.2.